The van der Waals surface area contributed by atoms with Crippen molar-refractivity contribution in [1.29, 1.82) is 0 Å². The highest BCUT2D eigenvalue weighted by Crippen LogP contribution is 2.16. The summed E-state index contributed by atoms with van der Waals surface area (Å²) in [5, 5.41) is 8.95. The fraction of sp³-hybridized carbons (Fsp3) is 0.786. The maximum atomic E-state index is 8.95. The zero-order valence-corrected chi connectivity index (χ0v) is 13.9. The molecule has 6 heteroatoms. The van der Waals surface area contributed by atoms with Gasteiger partial charge in [0.2, 0.25) is 0 Å². The molecule has 0 atom stereocenters. The molecule has 0 bridgehead atoms. The molecule has 1 saturated heterocycles. The Kier molecular flexibility index (Phi) is 6.77. The zero-order chi connectivity index (χ0) is 14.4. The van der Waals surface area contributed by atoms with E-state index in [0.29, 0.717) is 0 Å². The lowest BCUT2D eigenvalue weighted by atomic mass is 10.1. The number of thioether (sulfide) groups is 1. The molecule has 4 nitrogen and oxygen atoms in total. The molecule has 0 radical (unpaired) electrons. The summed E-state index contributed by atoms with van der Waals surface area (Å²) in [6.07, 6.45) is 5.54. The van der Waals surface area contributed by atoms with Gasteiger partial charge in [-0.25, -0.2) is 0 Å². The number of piperazine rings is 1. The second kappa shape index (κ2) is 8.34. The smallest absolute Gasteiger partial charge is 0.136 e. The van der Waals surface area contributed by atoms with Gasteiger partial charge in [0.1, 0.15) is 4.32 Å². The first-order valence-electron chi connectivity index (χ1n) is 7.29. The minimum atomic E-state index is 0.274. The predicted octanol–water partition coefficient (Wildman–Crippen LogP) is 0.876. The van der Waals surface area contributed by atoms with E-state index in [1.807, 2.05) is 6.26 Å². The van der Waals surface area contributed by atoms with Gasteiger partial charge in [0.15, 0.2) is 0 Å². The highest BCUT2D eigenvalue weighted by molar-refractivity contribution is 8.22. The monoisotopic (exact) mass is 315 g/mol. The van der Waals surface area contributed by atoms with Crippen molar-refractivity contribution in [3.05, 3.63) is 11.6 Å². The number of hydrogen-bond donors (Lipinski definition) is 1. The second-order valence-corrected chi connectivity index (χ2v) is 6.81. The molecule has 2 heterocycles. The first-order valence-corrected chi connectivity index (χ1v) is 8.92. The van der Waals surface area contributed by atoms with Crippen molar-refractivity contribution >= 4 is 28.3 Å². The van der Waals surface area contributed by atoms with Crippen molar-refractivity contribution in [2.75, 3.05) is 65.2 Å². The van der Waals surface area contributed by atoms with Crippen LogP contribution in [0.2, 0.25) is 0 Å². The summed E-state index contributed by atoms with van der Waals surface area (Å²) in [5.74, 6) is 0. The van der Waals surface area contributed by atoms with Gasteiger partial charge in [0.05, 0.1) is 6.61 Å². The Morgan fingerprint density at radius 3 is 2.50 bits per heavy atom. The van der Waals surface area contributed by atoms with Gasteiger partial charge < -0.3 is 10.0 Å². The molecule has 0 aliphatic carbocycles. The van der Waals surface area contributed by atoms with Crippen LogP contribution in [0.5, 0.6) is 0 Å². The molecule has 1 fully saturated rings. The second-order valence-electron chi connectivity index (χ2n) is 5.37. The molecule has 0 aromatic carbocycles. The standard InChI is InChI=1S/C14H25N3OS2/c1-20-14(19)17-4-2-13(3-5-17)12-16-8-6-15(7-9-16)10-11-18/h2,18H,3-12H2,1H3. The number of aliphatic hydroxyl groups is 1. The van der Waals surface area contributed by atoms with Gasteiger partial charge >= 0.3 is 0 Å². The van der Waals surface area contributed by atoms with E-state index in [1.165, 1.54) is 0 Å². The van der Waals surface area contributed by atoms with E-state index in [-0.39, 0.29) is 6.61 Å². The van der Waals surface area contributed by atoms with Crippen molar-refractivity contribution in [3.8, 4) is 0 Å². The van der Waals surface area contributed by atoms with Crippen LogP contribution >= 0.6 is 24.0 Å². The van der Waals surface area contributed by atoms with E-state index < -0.39 is 0 Å². The molecule has 114 valence electrons. The molecule has 0 amide bonds. The lowest BCUT2D eigenvalue weighted by molar-refractivity contribution is 0.117. The van der Waals surface area contributed by atoms with E-state index in [2.05, 4.69) is 20.8 Å². The van der Waals surface area contributed by atoms with Crippen molar-refractivity contribution in [1.82, 2.24) is 14.7 Å². The topological polar surface area (TPSA) is 30.0 Å². The molecule has 2 aliphatic heterocycles. The lowest BCUT2D eigenvalue weighted by Crippen LogP contribution is -2.48. The van der Waals surface area contributed by atoms with Crippen LogP contribution in [0.25, 0.3) is 0 Å². The lowest BCUT2D eigenvalue weighted by Gasteiger charge is -2.36. The molecule has 0 saturated carbocycles. The largest absolute Gasteiger partial charge is 0.395 e. The molecule has 0 aromatic rings. The summed E-state index contributed by atoms with van der Waals surface area (Å²) < 4.78 is 1.01. The van der Waals surface area contributed by atoms with E-state index >= 15 is 0 Å². The van der Waals surface area contributed by atoms with Crippen LogP contribution in [0, 0.1) is 0 Å². The quantitative estimate of drug-likeness (QED) is 0.612. The van der Waals surface area contributed by atoms with Gasteiger partial charge in [-0.15, -0.1) is 11.8 Å². The summed E-state index contributed by atoms with van der Waals surface area (Å²) in [7, 11) is 0. The summed E-state index contributed by atoms with van der Waals surface area (Å²) in [5.41, 5.74) is 1.56. The average molecular weight is 316 g/mol. The summed E-state index contributed by atoms with van der Waals surface area (Å²) in [6, 6.07) is 0. The molecule has 2 rings (SSSR count). The average Bonchev–Trinajstić information content (AvgIpc) is 2.49. The van der Waals surface area contributed by atoms with E-state index in [1.54, 1.807) is 17.3 Å². The molecule has 20 heavy (non-hydrogen) atoms. The molecule has 0 spiro atoms. The number of thiocarbonyl (C=S) groups is 1. The Labute approximate surface area is 131 Å². The Bertz CT molecular complexity index is 354. The fourth-order valence-electron chi connectivity index (χ4n) is 2.75. The molecule has 0 unspecified atom stereocenters. The number of rotatable bonds is 4. The van der Waals surface area contributed by atoms with Crippen molar-refractivity contribution in [2.45, 2.75) is 6.42 Å². The maximum Gasteiger partial charge on any atom is 0.136 e. The van der Waals surface area contributed by atoms with Gasteiger partial charge in [0, 0.05) is 52.4 Å². The van der Waals surface area contributed by atoms with Gasteiger partial charge in [-0.05, 0) is 12.7 Å². The van der Waals surface area contributed by atoms with Crippen LogP contribution < -0.4 is 0 Å². The van der Waals surface area contributed by atoms with E-state index in [9.17, 15) is 0 Å². The summed E-state index contributed by atoms with van der Waals surface area (Å²) >= 11 is 7.00. The van der Waals surface area contributed by atoms with Gasteiger partial charge in [-0.2, -0.15) is 0 Å². The Morgan fingerprint density at radius 1 is 1.25 bits per heavy atom. The van der Waals surface area contributed by atoms with Crippen LogP contribution in [-0.2, 0) is 0 Å². The third-order valence-corrected chi connectivity index (χ3v) is 5.41. The van der Waals surface area contributed by atoms with Gasteiger partial charge in [-0.1, -0.05) is 23.9 Å². The Morgan fingerprint density at radius 2 is 1.95 bits per heavy atom. The first-order chi connectivity index (χ1) is 9.72. The molecule has 0 aromatic heterocycles. The van der Waals surface area contributed by atoms with Gasteiger partial charge in [-0.3, -0.25) is 9.80 Å². The Hall–Kier alpha value is -0.140. The highest BCUT2D eigenvalue weighted by Gasteiger charge is 2.19. The first kappa shape index (κ1) is 16.2. The van der Waals surface area contributed by atoms with Crippen molar-refractivity contribution < 1.29 is 5.11 Å². The summed E-state index contributed by atoms with van der Waals surface area (Å²) in [4.78, 5) is 7.15. The zero-order valence-electron chi connectivity index (χ0n) is 12.3. The number of β-amino-alcohol motifs (C(OH)–C–C–N with tert-alkyl or cyclic N) is 1. The normalized spacial score (nSPS) is 21.9. The third kappa shape index (κ3) is 4.70. The maximum absolute atomic E-state index is 8.95. The van der Waals surface area contributed by atoms with Crippen molar-refractivity contribution in [2.24, 2.45) is 0 Å². The van der Waals surface area contributed by atoms with Crippen LogP contribution in [0.1, 0.15) is 6.42 Å². The minimum absolute atomic E-state index is 0.274. The van der Waals surface area contributed by atoms with Crippen molar-refractivity contribution in [3.63, 3.8) is 0 Å². The predicted molar refractivity (Wildman–Crippen MR) is 90.4 cm³/mol. The Balaban J connectivity index is 1.73. The van der Waals surface area contributed by atoms with Crippen LogP contribution in [-0.4, -0.2) is 89.3 Å². The van der Waals surface area contributed by atoms with Crippen LogP contribution in [0.15, 0.2) is 11.6 Å². The number of hydrogen-bond acceptors (Lipinski definition) is 5. The minimum Gasteiger partial charge on any atom is -0.395 e. The SMILES string of the molecule is CSC(=S)N1CC=C(CN2CCN(CCO)CC2)CC1. The molecule has 2 aliphatic rings. The van der Waals surface area contributed by atoms with Crippen LogP contribution in [0.4, 0.5) is 0 Å². The van der Waals surface area contributed by atoms with E-state index in [4.69, 9.17) is 17.3 Å². The third-order valence-electron chi connectivity index (χ3n) is 4.04. The molecular weight excluding hydrogens is 290 g/mol. The summed E-state index contributed by atoms with van der Waals surface area (Å²) in [6.45, 7) is 8.62. The number of aliphatic hydroxyl groups excluding tert-OH is 1. The van der Waals surface area contributed by atoms with Crippen LogP contribution in [0.3, 0.4) is 0 Å². The molecule has 1 N–H and O–H groups in total. The highest BCUT2D eigenvalue weighted by atomic mass is 32.2. The fourth-order valence-corrected chi connectivity index (χ4v) is 3.34. The van der Waals surface area contributed by atoms with E-state index in [0.717, 1.165) is 63.1 Å². The molecular formula is C14H25N3OS2. The van der Waals surface area contributed by atoms with Gasteiger partial charge in [0.25, 0.3) is 0 Å². The number of nitrogens with zero attached hydrogens (tertiary/aromatic N) is 3.